The van der Waals surface area contributed by atoms with Gasteiger partial charge in [0.25, 0.3) is 0 Å². The second-order valence-electron chi connectivity index (χ2n) is 8.66. The minimum atomic E-state index is -5.26. The fourth-order valence-electron chi connectivity index (χ4n) is 3.57. The van der Waals surface area contributed by atoms with E-state index in [-0.39, 0.29) is 24.4 Å². The fourth-order valence-corrected chi connectivity index (χ4v) is 4.23. The highest BCUT2D eigenvalue weighted by atomic mass is 32.1. The van der Waals surface area contributed by atoms with Gasteiger partial charge in [0, 0.05) is 35.8 Å². The number of aliphatic hydroxyl groups is 1. The Morgan fingerprint density at radius 1 is 1.29 bits per heavy atom. The predicted molar refractivity (Wildman–Crippen MR) is 123 cm³/mol. The van der Waals surface area contributed by atoms with E-state index in [0.717, 1.165) is 19.0 Å². The molecule has 1 aromatic carbocycles. The van der Waals surface area contributed by atoms with Crippen LogP contribution in [0.1, 0.15) is 31.9 Å². The van der Waals surface area contributed by atoms with Gasteiger partial charge < -0.3 is 25.2 Å². The van der Waals surface area contributed by atoms with Crippen LogP contribution in [0, 0.1) is 0 Å². The van der Waals surface area contributed by atoms with Crippen molar-refractivity contribution in [2.24, 2.45) is 4.99 Å². The van der Waals surface area contributed by atoms with Gasteiger partial charge in [-0.15, -0.1) is 11.3 Å². The van der Waals surface area contributed by atoms with Crippen LogP contribution in [0.4, 0.5) is 27.6 Å². The predicted octanol–water partition coefficient (Wildman–Crippen LogP) is 4.45. The maximum atomic E-state index is 14.4. The summed E-state index contributed by atoms with van der Waals surface area (Å²) < 4.78 is 80.8. The first-order valence-electron chi connectivity index (χ1n) is 10.7. The Labute approximate surface area is 203 Å². The molecular weight excluding hydrogens is 495 g/mol. The minimum Gasteiger partial charge on any atom is -0.489 e. The van der Waals surface area contributed by atoms with Crippen LogP contribution in [0.3, 0.4) is 0 Å². The molecule has 2 aromatic rings. The summed E-state index contributed by atoms with van der Waals surface area (Å²) in [4.78, 5) is 7.90. The van der Waals surface area contributed by atoms with Gasteiger partial charge in [-0.25, -0.2) is 4.98 Å². The Balaban J connectivity index is 2.02. The van der Waals surface area contributed by atoms with Crippen LogP contribution in [0.5, 0.6) is 5.75 Å². The molecule has 35 heavy (non-hydrogen) atoms. The Kier molecular flexibility index (Phi) is 8.16. The lowest BCUT2D eigenvalue weighted by molar-refractivity contribution is -0.374. The summed E-state index contributed by atoms with van der Waals surface area (Å²) in [5, 5.41) is 18.1. The molecule has 1 saturated heterocycles. The third-order valence-corrected chi connectivity index (χ3v) is 6.27. The smallest absolute Gasteiger partial charge is 0.419 e. The summed E-state index contributed by atoms with van der Waals surface area (Å²) in [6.07, 6.45) is -10.6. The molecule has 1 aliphatic rings. The first-order valence-corrected chi connectivity index (χ1v) is 11.6. The molecule has 1 fully saturated rings. The molecule has 194 valence electrons. The van der Waals surface area contributed by atoms with Crippen molar-refractivity contribution in [2.75, 3.05) is 20.2 Å². The highest BCUT2D eigenvalue weighted by Gasteiger charge is 2.55. The summed E-state index contributed by atoms with van der Waals surface area (Å²) in [7, 11) is 1.82. The number of hydrogen-bond donors (Lipinski definition) is 3. The van der Waals surface area contributed by atoms with Crippen LogP contribution in [0.2, 0.25) is 0 Å². The molecule has 2 heterocycles. The molecule has 3 unspecified atom stereocenters. The lowest BCUT2D eigenvalue weighted by atomic mass is 9.97. The monoisotopic (exact) mass is 522 g/mol. The van der Waals surface area contributed by atoms with Crippen molar-refractivity contribution < 1.29 is 36.5 Å². The summed E-state index contributed by atoms with van der Waals surface area (Å²) in [5.74, 6) is -0.0734. The van der Waals surface area contributed by atoms with Crippen LogP contribution in [0.25, 0.3) is 10.6 Å². The molecule has 3 N–H and O–H groups in total. The number of ether oxygens (including phenoxy) is 2. The third kappa shape index (κ3) is 6.15. The third-order valence-electron chi connectivity index (χ3n) is 5.46. The van der Waals surface area contributed by atoms with Crippen LogP contribution >= 0.6 is 11.3 Å². The minimum absolute atomic E-state index is 0.0620. The lowest BCUT2D eigenvalue weighted by Crippen LogP contribution is -2.58. The summed E-state index contributed by atoms with van der Waals surface area (Å²) in [6.45, 7) is 5.50. The fraction of sp³-hybridized carbons (Fsp3) is 0.545. The van der Waals surface area contributed by atoms with Crippen LogP contribution in [-0.4, -0.2) is 67.0 Å². The van der Waals surface area contributed by atoms with Crippen molar-refractivity contribution in [3.63, 3.8) is 0 Å². The number of benzene rings is 1. The SMILES string of the molecule is C=Nc1c(C(OC(F)(F)C(C)(C)O)C(F)(F)F)ccc(-c2nccs2)c1OCC1CC(CNC)N1. The molecule has 13 heteroatoms. The quantitative estimate of drug-likeness (QED) is 0.299. The van der Waals surface area contributed by atoms with Crippen LogP contribution < -0.4 is 15.4 Å². The summed E-state index contributed by atoms with van der Waals surface area (Å²) >= 11 is 1.22. The van der Waals surface area contributed by atoms with Crippen molar-refractivity contribution in [2.45, 2.75) is 56.3 Å². The zero-order valence-electron chi connectivity index (χ0n) is 19.3. The molecular formula is C22H27F5N4O3S. The number of aromatic nitrogens is 1. The second-order valence-corrected chi connectivity index (χ2v) is 9.55. The van der Waals surface area contributed by atoms with Crippen molar-refractivity contribution in [1.82, 2.24) is 15.6 Å². The summed E-state index contributed by atoms with van der Waals surface area (Å²) in [5.41, 5.74) is -3.65. The average Bonchev–Trinajstić information content (AvgIpc) is 3.26. The highest BCUT2D eigenvalue weighted by molar-refractivity contribution is 7.13. The van der Waals surface area contributed by atoms with E-state index in [1.807, 2.05) is 7.05 Å². The molecule has 0 bridgehead atoms. The molecule has 3 atom stereocenters. The number of halogens is 5. The number of hydrogen-bond acceptors (Lipinski definition) is 8. The molecule has 3 rings (SSSR count). The van der Waals surface area contributed by atoms with Gasteiger partial charge in [-0.3, -0.25) is 4.99 Å². The number of thiazole rings is 1. The van der Waals surface area contributed by atoms with Crippen molar-refractivity contribution in [3.05, 3.63) is 29.3 Å². The summed E-state index contributed by atoms with van der Waals surface area (Å²) in [6, 6.07) is 2.45. The van der Waals surface area contributed by atoms with Crippen molar-refractivity contribution in [1.29, 1.82) is 0 Å². The van der Waals surface area contributed by atoms with Gasteiger partial charge in [-0.1, -0.05) is 6.07 Å². The van der Waals surface area contributed by atoms with E-state index in [1.54, 1.807) is 5.38 Å². The average molecular weight is 523 g/mol. The molecule has 0 spiro atoms. The normalized spacial score (nSPS) is 19.8. The molecule has 0 saturated carbocycles. The van der Waals surface area contributed by atoms with E-state index < -0.39 is 35.2 Å². The molecule has 7 nitrogen and oxygen atoms in total. The van der Waals surface area contributed by atoms with E-state index in [9.17, 15) is 27.1 Å². The Bertz CT molecular complexity index is 1010. The first-order chi connectivity index (χ1) is 16.3. The maximum absolute atomic E-state index is 14.4. The van der Waals surface area contributed by atoms with Gasteiger partial charge in [-0.2, -0.15) is 22.0 Å². The first kappa shape index (κ1) is 27.4. The number of nitrogens with zero attached hydrogens (tertiary/aromatic N) is 2. The van der Waals surface area contributed by atoms with Gasteiger partial charge in [-0.05, 0) is 40.1 Å². The molecule has 0 amide bonds. The molecule has 1 aromatic heterocycles. The zero-order chi connectivity index (χ0) is 26.0. The van der Waals surface area contributed by atoms with E-state index in [1.165, 1.54) is 23.6 Å². The van der Waals surface area contributed by atoms with Gasteiger partial charge in [0.15, 0.2) is 11.9 Å². The molecule has 0 aliphatic carbocycles. The van der Waals surface area contributed by atoms with E-state index in [2.05, 4.69) is 32.1 Å². The van der Waals surface area contributed by atoms with E-state index in [0.29, 0.717) is 24.4 Å². The van der Waals surface area contributed by atoms with E-state index >= 15 is 0 Å². The number of aliphatic imine (C=N–C) groups is 1. The van der Waals surface area contributed by atoms with E-state index in [4.69, 9.17) is 4.74 Å². The second kappa shape index (κ2) is 10.4. The highest BCUT2D eigenvalue weighted by Crippen LogP contribution is 2.50. The van der Waals surface area contributed by atoms with Crippen LogP contribution in [-0.2, 0) is 4.74 Å². The van der Waals surface area contributed by atoms with Gasteiger partial charge >= 0.3 is 12.3 Å². The van der Waals surface area contributed by atoms with Crippen LogP contribution in [0.15, 0.2) is 28.7 Å². The lowest BCUT2D eigenvalue weighted by Gasteiger charge is -2.37. The van der Waals surface area contributed by atoms with Crippen molar-refractivity contribution >= 4 is 23.7 Å². The Morgan fingerprint density at radius 2 is 1.97 bits per heavy atom. The Morgan fingerprint density at radius 3 is 2.49 bits per heavy atom. The molecule has 0 radical (unpaired) electrons. The van der Waals surface area contributed by atoms with Gasteiger partial charge in [0.1, 0.15) is 22.9 Å². The Hall–Kier alpha value is -2.19. The largest absolute Gasteiger partial charge is 0.489 e. The number of likely N-dealkylation sites (N-methyl/N-ethyl adjacent to an activating group) is 1. The number of rotatable bonds is 11. The number of alkyl halides is 5. The van der Waals surface area contributed by atoms with Gasteiger partial charge in [0.2, 0.25) is 0 Å². The van der Waals surface area contributed by atoms with Crippen molar-refractivity contribution in [3.8, 4) is 16.3 Å². The maximum Gasteiger partial charge on any atom is 0.419 e. The topological polar surface area (TPSA) is 88.0 Å². The van der Waals surface area contributed by atoms with Gasteiger partial charge in [0.05, 0.1) is 5.56 Å². The number of nitrogens with one attached hydrogen (secondary N) is 2. The molecule has 1 aliphatic heterocycles. The zero-order valence-corrected chi connectivity index (χ0v) is 20.1. The standard InChI is InChI=1S/C22H27F5N4O3S/c1-20(2,32)22(26,27)34-18(21(23,24)25)14-5-6-15(19-30-7-8-35-19)17(16(14)29-4)33-11-13-9-12(31-13)10-28-3/h5-8,12-13,18,28,31-32H,4,9-11H2,1-3H3.